The number of benzene rings is 2. The van der Waals surface area contributed by atoms with E-state index in [0.717, 1.165) is 11.3 Å². The van der Waals surface area contributed by atoms with E-state index in [0.29, 0.717) is 0 Å². The van der Waals surface area contributed by atoms with Gasteiger partial charge in [-0.1, -0.05) is 24.3 Å². The van der Waals surface area contributed by atoms with Gasteiger partial charge in [-0.25, -0.2) is 4.39 Å². The monoisotopic (exact) mass is 309 g/mol. The summed E-state index contributed by atoms with van der Waals surface area (Å²) >= 11 is 0. The predicted molar refractivity (Wildman–Crippen MR) is 89.4 cm³/mol. The Bertz CT molecular complexity index is 774. The number of carbonyl (C=O) groups is 1. The van der Waals surface area contributed by atoms with Gasteiger partial charge in [-0.15, -0.1) is 0 Å². The molecule has 1 N–H and O–H groups in total. The van der Waals surface area contributed by atoms with Gasteiger partial charge in [0.05, 0.1) is 5.69 Å². The van der Waals surface area contributed by atoms with Gasteiger partial charge in [-0.2, -0.15) is 5.26 Å². The summed E-state index contributed by atoms with van der Waals surface area (Å²) in [4.78, 5) is 14.0. The van der Waals surface area contributed by atoms with Crippen LogP contribution >= 0.6 is 0 Å². The molecular weight excluding hydrogens is 293 g/mol. The first-order valence-corrected chi connectivity index (χ1v) is 6.96. The van der Waals surface area contributed by atoms with Crippen molar-refractivity contribution in [2.24, 2.45) is 0 Å². The van der Waals surface area contributed by atoms with Crippen molar-refractivity contribution in [1.82, 2.24) is 0 Å². The number of hydrogen-bond donors (Lipinski definition) is 1. The largest absolute Gasteiger partial charge is 0.378 e. The van der Waals surface area contributed by atoms with Crippen LogP contribution in [0.4, 0.5) is 15.8 Å². The molecule has 0 aliphatic heterocycles. The third-order valence-electron chi connectivity index (χ3n) is 3.21. The van der Waals surface area contributed by atoms with Crippen LogP contribution in [-0.4, -0.2) is 20.0 Å². The van der Waals surface area contributed by atoms with E-state index in [2.05, 4.69) is 5.32 Å². The summed E-state index contributed by atoms with van der Waals surface area (Å²) in [6.45, 7) is 0. The average Bonchev–Trinajstić information content (AvgIpc) is 2.55. The highest BCUT2D eigenvalue weighted by molar-refractivity contribution is 6.09. The number of nitrogens with one attached hydrogen (secondary N) is 1. The molecule has 0 aliphatic carbocycles. The molecule has 2 aromatic carbocycles. The molecule has 0 fully saturated rings. The normalized spacial score (nSPS) is 10.8. The number of halogens is 1. The van der Waals surface area contributed by atoms with Crippen LogP contribution in [0.5, 0.6) is 0 Å². The second-order valence-electron chi connectivity index (χ2n) is 5.09. The van der Waals surface area contributed by atoms with Crippen LogP contribution in [0.3, 0.4) is 0 Å². The van der Waals surface area contributed by atoms with Crippen molar-refractivity contribution in [2.45, 2.75) is 0 Å². The van der Waals surface area contributed by atoms with Gasteiger partial charge in [0.15, 0.2) is 0 Å². The maximum atomic E-state index is 13.5. The maximum absolute atomic E-state index is 13.5. The molecule has 0 saturated heterocycles. The third kappa shape index (κ3) is 4.17. The van der Waals surface area contributed by atoms with Crippen LogP contribution in [-0.2, 0) is 4.79 Å². The second kappa shape index (κ2) is 7.23. The summed E-state index contributed by atoms with van der Waals surface area (Å²) in [6.07, 6.45) is 1.47. The summed E-state index contributed by atoms with van der Waals surface area (Å²) in [7, 11) is 3.85. The summed E-state index contributed by atoms with van der Waals surface area (Å²) in [5.74, 6) is -1.19. The number of amides is 1. The van der Waals surface area contributed by atoms with E-state index in [1.54, 1.807) is 6.07 Å². The van der Waals surface area contributed by atoms with Crippen LogP contribution < -0.4 is 10.2 Å². The van der Waals surface area contributed by atoms with E-state index in [-0.39, 0.29) is 11.3 Å². The van der Waals surface area contributed by atoms with Crippen LogP contribution in [0.25, 0.3) is 6.08 Å². The van der Waals surface area contributed by atoms with Gasteiger partial charge >= 0.3 is 0 Å². The second-order valence-corrected chi connectivity index (χ2v) is 5.09. The Labute approximate surface area is 134 Å². The minimum atomic E-state index is -0.644. The first-order chi connectivity index (χ1) is 11.0. The van der Waals surface area contributed by atoms with Crippen molar-refractivity contribution in [1.29, 1.82) is 5.26 Å². The van der Waals surface area contributed by atoms with Gasteiger partial charge in [0, 0.05) is 19.8 Å². The minimum absolute atomic E-state index is 0.0432. The fraction of sp³-hybridized carbons (Fsp3) is 0.111. The molecule has 0 saturated carbocycles. The lowest BCUT2D eigenvalue weighted by molar-refractivity contribution is -0.112. The van der Waals surface area contributed by atoms with Crippen molar-refractivity contribution in [3.05, 3.63) is 65.5 Å². The minimum Gasteiger partial charge on any atom is -0.378 e. The van der Waals surface area contributed by atoms with Gasteiger partial charge in [0.25, 0.3) is 5.91 Å². The molecule has 1 amide bonds. The van der Waals surface area contributed by atoms with Gasteiger partial charge < -0.3 is 10.2 Å². The Morgan fingerprint density at radius 1 is 1.17 bits per heavy atom. The van der Waals surface area contributed by atoms with Gasteiger partial charge in [0.1, 0.15) is 17.5 Å². The maximum Gasteiger partial charge on any atom is 0.266 e. The molecule has 0 heterocycles. The number of nitrogens with zero attached hydrogens (tertiary/aromatic N) is 2. The van der Waals surface area contributed by atoms with Crippen LogP contribution in [0.15, 0.2) is 54.1 Å². The van der Waals surface area contributed by atoms with Crippen molar-refractivity contribution >= 4 is 23.4 Å². The molecule has 116 valence electrons. The van der Waals surface area contributed by atoms with Crippen molar-refractivity contribution in [3.63, 3.8) is 0 Å². The number of rotatable bonds is 4. The molecule has 0 atom stereocenters. The van der Waals surface area contributed by atoms with Gasteiger partial charge in [-0.05, 0) is 35.9 Å². The number of carbonyl (C=O) groups excluding carboxylic acids is 1. The lowest BCUT2D eigenvalue weighted by atomic mass is 10.1. The summed E-state index contributed by atoms with van der Waals surface area (Å²) in [6, 6.07) is 15.0. The molecule has 0 radical (unpaired) electrons. The van der Waals surface area contributed by atoms with E-state index >= 15 is 0 Å². The Balaban J connectivity index is 2.20. The number of nitriles is 1. The quantitative estimate of drug-likeness (QED) is 0.695. The Kier molecular flexibility index (Phi) is 5.11. The fourth-order valence-electron chi connectivity index (χ4n) is 1.94. The van der Waals surface area contributed by atoms with Crippen molar-refractivity contribution < 1.29 is 9.18 Å². The van der Waals surface area contributed by atoms with E-state index in [1.165, 1.54) is 24.3 Å². The molecule has 0 bridgehead atoms. The molecule has 0 aliphatic rings. The lowest BCUT2D eigenvalue weighted by Crippen LogP contribution is -2.14. The zero-order valence-corrected chi connectivity index (χ0v) is 12.9. The Morgan fingerprint density at radius 3 is 2.39 bits per heavy atom. The highest BCUT2D eigenvalue weighted by atomic mass is 19.1. The number of anilines is 2. The lowest BCUT2D eigenvalue weighted by Gasteiger charge is -2.12. The first-order valence-electron chi connectivity index (χ1n) is 6.96. The summed E-state index contributed by atoms with van der Waals surface area (Å²) in [5.41, 5.74) is 1.68. The van der Waals surface area contributed by atoms with Crippen molar-refractivity contribution in [2.75, 3.05) is 24.3 Å². The molecule has 0 aromatic heterocycles. The molecule has 4 nitrogen and oxygen atoms in total. The van der Waals surface area contributed by atoms with Crippen LogP contribution in [0.1, 0.15) is 5.56 Å². The highest BCUT2D eigenvalue weighted by Gasteiger charge is 2.11. The molecule has 0 unspecified atom stereocenters. The molecule has 0 spiro atoms. The smallest absolute Gasteiger partial charge is 0.266 e. The zero-order valence-electron chi connectivity index (χ0n) is 12.9. The van der Waals surface area contributed by atoms with E-state index in [9.17, 15) is 9.18 Å². The van der Waals surface area contributed by atoms with Crippen LogP contribution in [0.2, 0.25) is 0 Å². The summed E-state index contributed by atoms with van der Waals surface area (Å²) in [5, 5.41) is 11.6. The summed E-state index contributed by atoms with van der Waals surface area (Å²) < 4.78 is 13.5. The topological polar surface area (TPSA) is 56.1 Å². The molecular formula is C18H16FN3O. The van der Waals surface area contributed by atoms with Crippen molar-refractivity contribution in [3.8, 4) is 6.07 Å². The van der Waals surface area contributed by atoms with E-state index in [4.69, 9.17) is 5.26 Å². The van der Waals surface area contributed by atoms with Gasteiger partial charge in [0.2, 0.25) is 0 Å². The first kappa shape index (κ1) is 16.2. The zero-order chi connectivity index (χ0) is 16.8. The Hall–Kier alpha value is -3.13. The SMILES string of the molecule is CN(C)c1ccc(/C=C(\C#N)C(=O)Nc2ccccc2F)cc1. The number of hydrogen-bond acceptors (Lipinski definition) is 3. The van der Waals surface area contributed by atoms with E-state index < -0.39 is 11.7 Å². The van der Waals surface area contributed by atoms with E-state index in [1.807, 2.05) is 49.3 Å². The standard InChI is InChI=1S/C18H16FN3O/c1-22(2)15-9-7-13(8-10-15)11-14(12-20)18(23)21-17-6-4-3-5-16(17)19/h3-11H,1-2H3,(H,21,23)/b14-11+. The van der Waals surface area contributed by atoms with Crippen LogP contribution in [0, 0.1) is 17.1 Å². The third-order valence-corrected chi connectivity index (χ3v) is 3.21. The molecule has 2 aromatic rings. The van der Waals surface area contributed by atoms with Gasteiger partial charge in [-0.3, -0.25) is 4.79 Å². The molecule has 23 heavy (non-hydrogen) atoms. The molecule has 2 rings (SSSR count). The molecule has 5 heteroatoms. The highest BCUT2D eigenvalue weighted by Crippen LogP contribution is 2.17. The predicted octanol–water partition coefficient (Wildman–Crippen LogP) is 3.44. The number of para-hydroxylation sites is 1. The fourth-order valence-corrected chi connectivity index (χ4v) is 1.94. The average molecular weight is 309 g/mol. The Morgan fingerprint density at radius 2 is 1.83 bits per heavy atom.